The minimum atomic E-state index is -3.35. The lowest BCUT2D eigenvalue weighted by Crippen LogP contribution is -2.11. The number of nitrogen functional groups attached to an aromatic ring is 1. The van der Waals surface area contributed by atoms with Crippen molar-refractivity contribution in [2.75, 3.05) is 11.1 Å². The highest BCUT2D eigenvalue weighted by molar-refractivity contribution is 7.92. The van der Waals surface area contributed by atoms with Gasteiger partial charge in [0.05, 0.1) is 17.5 Å². The third kappa shape index (κ3) is 2.48. The maximum Gasteiger partial charge on any atom is 0.187 e. The lowest BCUT2D eigenvalue weighted by Gasteiger charge is -2.07. The second kappa shape index (κ2) is 5.02. The van der Waals surface area contributed by atoms with Gasteiger partial charge in [0.15, 0.2) is 15.7 Å². The Morgan fingerprint density at radius 3 is 2.85 bits per heavy atom. The number of hydrogen-bond donors (Lipinski definition) is 2. The zero-order valence-electron chi connectivity index (χ0n) is 10.6. The van der Waals surface area contributed by atoms with Gasteiger partial charge in [-0.15, -0.1) is 0 Å². The van der Waals surface area contributed by atoms with E-state index in [4.69, 9.17) is 5.73 Å². The van der Waals surface area contributed by atoms with Crippen molar-refractivity contribution in [3.8, 4) is 0 Å². The van der Waals surface area contributed by atoms with Gasteiger partial charge < -0.3 is 11.1 Å². The molecule has 0 saturated heterocycles. The summed E-state index contributed by atoms with van der Waals surface area (Å²) < 4.78 is 28.6. The summed E-state index contributed by atoms with van der Waals surface area (Å²) in [6.45, 7) is 0.440. The normalized spacial score (nSPS) is 15.2. The summed E-state index contributed by atoms with van der Waals surface area (Å²) in [4.78, 5) is 4.33. The fourth-order valence-electron chi connectivity index (χ4n) is 1.90. The lowest BCUT2D eigenvalue weighted by molar-refractivity contribution is 0.595. The highest BCUT2D eigenvalue weighted by Crippen LogP contribution is 2.41. The molecule has 1 aliphatic carbocycles. The Balaban J connectivity index is 1.84. The van der Waals surface area contributed by atoms with Crippen LogP contribution in [0.15, 0.2) is 29.3 Å². The van der Waals surface area contributed by atoms with Gasteiger partial charge in [0.25, 0.3) is 0 Å². The molecule has 0 unspecified atom stereocenters. The molecule has 20 heavy (non-hydrogen) atoms. The minimum absolute atomic E-state index is 0.0884. The molecular weight excluding hydrogens is 296 g/mol. The molecule has 3 rings (SSSR count). The van der Waals surface area contributed by atoms with Gasteiger partial charge in [-0.2, -0.15) is 4.37 Å². The predicted molar refractivity (Wildman–Crippen MR) is 78.3 cm³/mol. The zero-order valence-corrected chi connectivity index (χ0v) is 12.2. The average Bonchev–Trinajstić information content (AvgIpc) is 3.22. The smallest absolute Gasteiger partial charge is 0.187 e. The summed E-state index contributed by atoms with van der Waals surface area (Å²) in [6.07, 6.45) is 3.11. The van der Waals surface area contributed by atoms with Crippen molar-refractivity contribution in [3.05, 3.63) is 30.1 Å². The quantitative estimate of drug-likeness (QED) is 0.871. The van der Waals surface area contributed by atoms with Crippen molar-refractivity contribution >= 4 is 32.2 Å². The summed E-state index contributed by atoms with van der Waals surface area (Å²) in [5.41, 5.74) is 6.55. The van der Waals surface area contributed by atoms with Gasteiger partial charge in [-0.25, -0.2) is 8.42 Å². The molecule has 2 aromatic rings. The van der Waals surface area contributed by atoms with Crippen LogP contribution in [0.25, 0.3) is 0 Å². The van der Waals surface area contributed by atoms with E-state index in [1.54, 1.807) is 6.20 Å². The van der Waals surface area contributed by atoms with Crippen LogP contribution in [-0.4, -0.2) is 23.0 Å². The molecule has 0 amide bonds. The van der Waals surface area contributed by atoms with Crippen LogP contribution in [0.1, 0.15) is 18.5 Å². The fourth-order valence-corrected chi connectivity index (χ4v) is 4.78. The molecule has 2 aromatic heterocycles. The molecule has 0 bridgehead atoms. The Morgan fingerprint density at radius 1 is 1.40 bits per heavy atom. The number of hydrogen-bond acceptors (Lipinski definition) is 7. The van der Waals surface area contributed by atoms with Gasteiger partial charge in [0.1, 0.15) is 9.90 Å². The number of aromatic nitrogens is 2. The Labute approximate surface area is 121 Å². The molecule has 0 spiro atoms. The van der Waals surface area contributed by atoms with Crippen molar-refractivity contribution in [2.24, 2.45) is 0 Å². The molecule has 1 aliphatic rings. The summed E-state index contributed by atoms with van der Waals surface area (Å²) >= 11 is 1.07. The first-order valence-corrected chi connectivity index (χ1v) is 8.54. The maximum atomic E-state index is 12.3. The van der Waals surface area contributed by atoms with Crippen molar-refractivity contribution < 1.29 is 8.42 Å². The van der Waals surface area contributed by atoms with Gasteiger partial charge in [0.2, 0.25) is 0 Å². The van der Waals surface area contributed by atoms with Gasteiger partial charge in [0, 0.05) is 6.20 Å². The number of nitrogens with one attached hydrogen (secondary N) is 1. The predicted octanol–water partition coefficient (Wildman–Crippen LogP) is 1.67. The monoisotopic (exact) mass is 310 g/mol. The van der Waals surface area contributed by atoms with Gasteiger partial charge in [-0.1, -0.05) is 6.07 Å². The molecule has 0 aliphatic heterocycles. The van der Waals surface area contributed by atoms with Gasteiger partial charge in [-0.3, -0.25) is 4.98 Å². The molecule has 0 aromatic carbocycles. The first kappa shape index (κ1) is 13.3. The number of nitrogens with zero attached hydrogens (tertiary/aromatic N) is 2. The van der Waals surface area contributed by atoms with Crippen molar-refractivity contribution in [3.63, 3.8) is 0 Å². The third-order valence-corrected chi connectivity index (χ3v) is 6.36. The van der Waals surface area contributed by atoms with E-state index in [0.717, 1.165) is 17.2 Å². The first-order chi connectivity index (χ1) is 9.59. The molecule has 1 saturated carbocycles. The van der Waals surface area contributed by atoms with E-state index in [1.807, 2.05) is 18.2 Å². The summed E-state index contributed by atoms with van der Waals surface area (Å²) in [5, 5.41) is 3.28. The number of sulfone groups is 1. The van der Waals surface area contributed by atoms with E-state index in [2.05, 4.69) is 14.7 Å². The zero-order chi connectivity index (χ0) is 14.2. The van der Waals surface area contributed by atoms with Gasteiger partial charge in [-0.05, 0) is 36.5 Å². The third-order valence-electron chi connectivity index (χ3n) is 3.08. The summed E-state index contributed by atoms with van der Waals surface area (Å²) in [5.74, 6) is 0.0884. The molecule has 1 fully saturated rings. The SMILES string of the molecule is Nc1nsc(NCc2ccccn2)c1S(=O)(=O)C1CC1. The second-order valence-corrected chi connectivity index (χ2v) is 7.58. The highest BCUT2D eigenvalue weighted by atomic mass is 32.2. The summed E-state index contributed by atoms with van der Waals surface area (Å²) in [7, 11) is -3.35. The average molecular weight is 310 g/mol. The van der Waals surface area contributed by atoms with Crippen LogP contribution >= 0.6 is 11.5 Å². The standard InChI is InChI=1S/C12H14N4O2S2/c13-11-10(20(17,18)9-4-5-9)12(19-16-11)15-7-8-3-1-2-6-14-8/h1-3,6,9,15H,4-5,7H2,(H2,13,16). The summed E-state index contributed by atoms with van der Waals surface area (Å²) in [6, 6.07) is 5.58. The van der Waals surface area contributed by atoms with Crippen molar-refractivity contribution in [1.82, 2.24) is 9.36 Å². The molecule has 3 N–H and O–H groups in total. The first-order valence-electron chi connectivity index (χ1n) is 6.22. The van der Waals surface area contributed by atoms with E-state index < -0.39 is 9.84 Å². The number of nitrogens with two attached hydrogens (primary N) is 1. The maximum absolute atomic E-state index is 12.3. The van der Waals surface area contributed by atoms with Crippen molar-refractivity contribution in [1.29, 1.82) is 0 Å². The van der Waals surface area contributed by atoms with Crippen LogP contribution in [0, 0.1) is 0 Å². The largest absolute Gasteiger partial charge is 0.382 e. The second-order valence-electron chi connectivity index (χ2n) is 4.65. The molecule has 8 heteroatoms. The van der Waals surface area contributed by atoms with Crippen LogP contribution in [0.5, 0.6) is 0 Å². The number of rotatable bonds is 5. The lowest BCUT2D eigenvalue weighted by atomic mass is 10.3. The molecule has 0 radical (unpaired) electrons. The van der Waals surface area contributed by atoms with E-state index in [0.29, 0.717) is 24.4 Å². The molecule has 106 valence electrons. The Kier molecular flexibility index (Phi) is 3.35. The highest BCUT2D eigenvalue weighted by Gasteiger charge is 2.40. The van der Waals surface area contributed by atoms with Crippen molar-refractivity contribution in [2.45, 2.75) is 29.5 Å². The van der Waals surface area contributed by atoms with Crippen LogP contribution in [-0.2, 0) is 16.4 Å². The molecule has 2 heterocycles. The van der Waals surface area contributed by atoms with Crippen LogP contribution in [0.4, 0.5) is 10.8 Å². The molecule has 0 atom stereocenters. The van der Waals surface area contributed by atoms with Crippen LogP contribution in [0.3, 0.4) is 0 Å². The minimum Gasteiger partial charge on any atom is -0.382 e. The number of pyridine rings is 1. The van der Waals surface area contributed by atoms with Crippen LogP contribution in [0.2, 0.25) is 0 Å². The Hall–Kier alpha value is -1.67. The molecule has 6 nitrogen and oxygen atoms in total. The van der Waals surface area contributed by atoms with Crippen LogP contribution < -0.4 is 11.1 Å². The fraction of sp³-hybridized carbons (Fsp3) is 0.333. The van der Waals surface area contributed by atoms with E-state index >= 15 is 0 Å². The van der Waals surface area contributed by atoms with E-state index in [1.165, 1.54) is 0 Å². The Bertz CT molecular complexity index is 708. The van der Waals surface area contributed by atoms with E-state index in [9.17, 15) is 8.42 Å². The topological polar surface area (TPSA) is 98.0 Å². The van der Waals surface area contributed by atoms with E-state index in [-0.39, 0.29) is 16.0 Å². The number of anilines is 2. The molecular formula is C12H14N4O2S2. The Morgan fingerprint density at radius 2 is 2.20 bits per heavy atom. The van der Waals surface area contributed by atoms with Gasteiger partial charge >= 0.3 is 0 Å².